The van der Waals surface area contributed by atoms with Crippen LogP contribution >= 0.6 is 11.3 Å². The number of benzene rings is 1. The number of aromatic amines is 2. The summed E-state index contributed by atoms with van der Waals surface area (Å²) in [4.78, 5) is 26.6. The fraction of sp³-hybridized carbons (Fsp3) is 0.200. The van der Waals surface area contributed by atoms with Gasteiger partial charge in [0.2, 0.25) is 5.91 Å². The Hall–Kier alpha value is -4.30. The minimum atomic E-state index is 0.0927. The molecule has 5 aromatic heterocycles. The molecule has 1 aliphatic carbocycles. The molecular formula is C30H26N6OS. The van der Waals surface area contributed by atoms with Crippen molar-refractivity contribution in [2.75, 3.05) is 5.32 Å². The summed E-state index contributed by atoms with van der Waals surface area (Å²) in [5, 5.41) is 14.9. The van der Waals surface area contributed by atoms with Crippen LogP contribution in [0.1, 0.15) is 32.1 Å². The maximum absolute atomic E-state index is 12.8. The van der Waals surface area contributed by atoms with Crippen molar-refractivity contribution in [3.8, 4) is 33.0 Å². The molecule has 0 spiro atoms. The zero-order valence-corrected chi connectivity index (χ0v) is 21.5. The summed E-state index contributed by atoms with van der Waals surface area (Å²) >= 11 is 1.73. The van der Waals surface area contributed by atoms with Crippen molar-refractivity contribution in [3.63, 3.8) is 0 Å². The molecule has 0 unspecified atom stereocenters. The molecule has 1 saturated carbocycles. The van der Waals surface area contributed by atoms with Gasteiger partial charge in [-0.15, -0.1) is 11.3 Å². The van der Waals surface area contributed by atoms with Gasteiger partial charge in [0.05, 0.1) is 17.6 Å². The molecular weight excluding hydrogens is 492 g/mol. The van der Waals surface area contributed by atoms with E-state index in [4.69, 9.17) is 0 Å². The number of carbonyl (C=O) groups is 1. The number of rotatable bonds is 5. The monoisotopic (exact) mass is 518 g/mol. The van der Waals surface area contributed by atoms with Gasteiger partial charge in [-0.1, -0.05) is 37.5 Å². The number of aromatic nitrogens is 5. The molecule has 1 amide bonds. The third kappa shape index (κ3) is 4.16. The van der Waals surface area contributed by atoms with Crippen LogP contribution in [0.4, 0.5) is 5.69 Å². The molecule has 0 atom stereocenters. The van der Waals surface area contributed by atoms with Gasteiger partial charge in [-0.2, -0.15) is 5.10 Å². The molecule has 7 rings (SSSR count). The van der Waals surface area contributed by atoms with Gasteiger partial charge in [-0.25, -0.2) is 4.98 Å². The number of pyridine rings is 2. The summed E-state index contributed by atoms with van der Waals surface area (Å²) in [5.74, 6) is 0.186. The molecule has 38 heavy (non-hydrogen) atoms. The first-order chi connectivity index (χ1) is 18.7. The number of nitrogens with zero attached hydrogens (tertiary/aromatic N) is 3. The van der Waals surface area contributed by atoms with E-state index in [0.717, 1.165) is 70.1 Å². The van der Waals surface area contributed by atoms with Crippen molar-refractivity contribution in [2.45, 2.75) is 32.1 Å². The Bertz CT molecular complexity index is 1760. The first-order valence-corrected chi connectivity index (χ1v) is 13.9. The maximum atomic E-state index is 12.8. The Morgan fingerprint density at radius 1 is 0.947 bits per heavy atom. The third-order valence-electron chi connectivity index (χ3n) is 7.44. The number of H-pyrrole nitrogens is 2. The molecule has 6 aromatic rings. The fourth-order valence-electron chi connectivity index (χ4n) is 5.47. The summed E-state index contributed by atoms with van der Waals surface area (Å²) < 4.78 is 0. The third-order valence-corrected chi connectivity index (χ3v) is 8.34. The Kier molecular flexibility index (Phi) is 5.74. The number of amides is 1. The second-order valence-electron chi connectivity index (χ2n) is 9.91. The lowest BCUT2D eigenvalue weighted by atomic mass is 9.88. The number of hydrogen-bond acceptors (Lipinski definition) is 5. The van der Waals surface area contributed by atoms with Crippen LogP contribution < -0.4 is 5.32 Å². The molecule has 5 heterocycles. The SMILES string of the molecule is O=C(Nc1cncc(-c2cnc3[nH]nc(-c4cc5c(-c6cccs6)cccc5[nH]4)c3c2)c1)C1CCCCC1. The topological polar surface area (TPSA) is 99.3 Å². The summed E-state index contributed by atoms with van der Waals surface area (Å²) in [7, 11) is 0. The minimum Gasteiger partial charge on any atom is -0.353 e. The molecule has 188 valence electrons. The quantitative estimate of drug-likeness (QED) is 0.221. The van der Waals surface area contributed by atoms with E-state index in [1.165, 1.54) is 16.9 Å². The zero-order valence-electron chi connectivity index (χ0n) is 20.7. The first kappa shape index (κ1) is 22.9. The zero-order chi connectivity index (χ0) is 25.5. The largest absolute Gasteiger partial charge is 0.353 e. The van der Waals surface area contributed by atoms with Crippen LogP contribution in [0, 0.1) is 5.92 Å². The summed E-state index contributed by atoms with van der Waals surface area (Å²) in [5.41, 5.74) is 7.26. The summed E-state index contributed by atoms with van der Waals surface area (Å²) in [6.45, 7) is 0. The van der Waals surface area contributed by atoms with E-state index >= 15 is 0 Å². The highest BCUT2D eigenvalue weighted by Crippen LogP contribution is 2.36. The van der Waals surface area contributed by atoms with Gasteiger partial charge < -0.3 is 10.3 Å². The lowest BCUT2D eigenvalue weighted by molar-refractivity contribution is -0.120. The standard InChI is InChI=1S/C30H26N6OS/c37-30(18-6-2-1-3-7-18)33-21-12-19(15-31-17-21)20-13-24-28(35-36-29(24)32-16-20)26-14-23-22(27-10-5-11-38-27)8-4-9-25(23)34-26/h4-5,8-18,34H,1-3,6-7H2,(H,33,37)(H,32,35,36). The molecule has 7 nitrogen and oxygen atoms in total. The fourth-order valence-corrected chi connectivity index (χ4v) is 6.24. The number of thiophene rings is 1. The predicted octanol–water partition coefficient (Wildman–Crippen LogP) is 7.42. The molecule has 0 bridgehead atoms. The maximum Gasteiger partial charge on any atom is 0.227 e. The van der Waals surface area contributed by atoms with Crippen molar-refractivity contribution in [2.24, 2.45) is 5.92 Å². The Balaban J connectivity index is 1.23. The number of nitrogens with one attached hydrogen (secondary N) is 3. The number of hydrogen-bond donors (Lipinski definition) is 3. The average molecular weight is 519 g/mol. The molecule has 0 radical (unpaired) electrons. The highest BCUT2D eigenvalue weighted by molar-refractivity contribution is 7.13. The summed E-state index contributed by atoms with van der Waals surface area (Å²) in [6, 6.07) is 16.7. The highest BCUT2D eigenvalue weighted by atomic mass is 32.1. The summed E-state index contributed by atoms with van der Waals surface area (Å²) in [6.07, 6.45) is 10.7. The van der Waals surface area contributed by atoms with E-state index in [-0.39, 0.29) is 11.8 Å². The molecule has 0 aliphatic heterocycles. The van der Waals surface area contributed by atoms with Gasteiger partial charge in [-0.05, 0) is 48.6 Å². The average Bonchev–Trinajstić information content (AvgIpc) is 3.73. The molecule has 3 N–H and O–H groups in total. The number of fused-ring (bicyclic) bond motifs is 2. The Labute approximate surface area is 223 Å². The van der Waals surface area contributed by atoms with E-state index in [2.05, 4.69) is 78.3 Å². The minimum absolute atomic E-state index is 0.0927. The van der Waals surface area contributed by atoms with Crippen molar-refractivity contribution in [1.82, 2.24) is 25.1 Å². The Morgan fingerprint density at radius 3 is 2.71 bits per heavy atom. The van der Waals surface area contributed by atoms with Crippen LogP contribution in [-0.2, 0) is 4.79 Å². The van der Waals surface area contributed by atoms with Crippen LogP contribution in [0.5, 0.6) is 0 Å². The van der Waals surface area contributed by atoms with Gasteiger partial charge in [0, 0.05) is 56.2 Å². The van der Waals surface area contributed by atoms with Crippen LogP contribution in [0.15, 0.2) is 72.5 Å². The highest BCUT2D eigenvalue weighted by Gasteiger charge is 2.21. The van der Waals surface area contributed by atoms with Crippen LogP contribution in [-0.4, -0.2) is 31.1 Å². The van der Waals surface area contributed by atoms with E-state index in [0.29, 0.717) is 5.69 Å². The van der Waals surface area contributed by atoms with Crippen LogP contribution in [0.2, 0.25) is 0 Å². The molecule has 1 aromatic carbocycles. The van der Waals surface area contributed by atoms with Gasteiger partial charge in [-0.3, -0.25) is 14.9 Å². The lowest BCUT2D eigenvalue weighted by Crippen LogP contribution is -2.24. The smallest absolute Gasteiger partial charge is 0.227 e. The van der Waals surface area contributed by atoms with Gasteiger partial charge in [0.1, 0.15) is 5.69 Å². The second-order valence-corrected chi connectivity index (χ2v) is 10.9. The van der Waals surface area contributed by atoms with Crippen LogP contribution in [0.25, 0.3) is 54.9 Å². The molecule has 8 heteroatoms. The van der Waals surface area contributed by atoms with Crippen molar-refractivity contribution in [1.29, 1.82) is 0 Å². The molecule has 1 fully saturated rings. The number of carbonyl (C=O) groups excluding carboxylic acids is 1. The van der Waals surface area contributed by atoms with Crippen molar-refractivity contribution < 1.29 is 4.79 Å². The Morgan fingerprint density at radius 2 is 1.84 bits per heavy atom. The van der Waals surface area contributed by atoms with E-state index < -0.39 is 0 Å². The normalized spacial score (nSPS) is 14.3. The molecule has 0 saturated heterocycles. The van der Waals surface area contributed by atoms with Gasteiger partial charge >= 0.3 is 0 Å². The van der Waals surface area contributed by atoms with Crippen LogP contribution in [0.3, 0.4) is 0 Å². The second kappa shape index (κ2) is 9.54. The number of anilines is 1. The van der Waals surface area contributed by atoms with E-state index in [1.807, 2.05) is 12.3 Å². The van der Waals surface area contributed by atoms with E-state index in [9.17, 15) is 4.79 Å². The van der Waals surface area contributed by atoms with Gasteiger partial charge in [0.15, 0.2) is 5.65 Å². The lowest BCUT2D eigenvalue weighted by Gasteiger charge is -2.20. The molecule has 1 aliphatic rings. The first-order valence-electron chi connectivity index (χ1n) is 13.0. The van der Waals surface area contributed by atoms with Crippen molar-refractivity contribution >= 4 is 44.9 Å². The predicted molar refractivity (Wildman–Crippen MR) is 153 cm³/mol. The van der Waals surface area contributed by atoms with E-state index in [1.54, 1.807) is 23.7 Å². The van der Waals surface area contributed by atoms with Crippen molar-refractivity contribution in [3.05, 3.63) is 72.5 Å². The van der Waals surface area contributed by atoms with Gasteiger partial charge in [0.25, 0.3) is 0 Å².